The Bertz CT molecular complexity index is 135. The van der Waals surface area contributed by atoms with E-state index in [4.69, 9.17) is 0 Å². The molecule has 0 aliphatic carbocycles. The number of rotatable bonds is 5. The lowest BCUT2D eigenvalue weighted by molar-refractivity contribution is 0.918. The molecule has 0 aromatic heterocycles. The molecule has 0 rings (SSSR count). The van der Waals surface area contributed by atoms with Gasteiger partial charge in [-0.25, -0.2) is 0 Å². The van der Waals surface area contributed by atoms with E-state index in [9.17, 15) is 0 Å². The van der Waals surface area contributed by atoms with Crippen molar-refractivity contribution in [2.24, 2.45) is 0 Å². The van der Waals surface area contributed by atoms with Crippen molar-refractivity contribution >= 4 is 23.9 Å². The first-order chi connectivity index (χ1) is 5.69. The summed E-state index contributed by atoms with van der Waals surface area (Å²) in [7, 11) is 0.231. The SMILES string of the molecule is CCC[B]N([Si](C)(C)C)[Si](C)(C)C. The molecule has 0 saturated carbocycles. The van der Waals surface area contributed by atoms with Crippen LogP contribution in [0.3, 0.4) is 0 Å². The van der Waals surface area contributed by atoms with Gasteiger partial charge in [0, 0.05) is 0 Å². The molecule has 0 aliphatic heterocycles. The van der Waals surface area contributed by atoms with Crippen LogP contribution in [0.5, 0.6) is 0 Å². The smallest absolute Gasteiger partial charge is 0.193 e. The molecule has 77 valence electrons. The Kier molecular flexibility index (Phi) is 4.97. The van der Waals surface area contributed by atoms with Gasteiger partial charge in [0.25, 0.3) is 0 Å². The van der Waals surface area contributed by atoms with E-state index in [1.165, 1.54) is 12.7 Å². The summed E-state index contributed by atoms with van der Waals surface area (Å²) in [6.07, 6.45) is 2.51. The topological polar surface area (TPSA) is 3.24 Å². The van der Waals surface area contributed by atoms with Crippen molar-refractivity contribution in [1.29, 1.82) is 0 Å². The maximum Gasteiger partial charge on any atom is 0.193 e. The van der Waals surface area contributed by atoms with E-state index in [0.717, 1.165) is 0 Å². The first-order valence-electron chi connectivity index (χ1n) is 5.32. The lowest BCUT2D eigenvalue weighted by atomic mass is 9.90. The highest BCUT2D eigenvalue weighted by atomic mass is 28.4. The first-order valence-corrected chi connectivity index (χ1v) is 12.2. The molecule has 0 N–H and O–H groups in total. The van der Waals surface area contributed by atoms with Crippen LogP contribution in [0.4, 0.5) is 0 Å². The number of hydrogen-bond acceptors (Lipinski definition) is 1. The Morgan fingerprint density at radius 1 is 0.923 bits per heavy atom. The second-order valence-corrected chi connectivity index (χ2v) is 15.8. The predicted molar refractivity (Wildman–Crippen MR) is 69.4 cm³/mol. The fourth-order valence-corrected chi connectivity index (χ4v) is 11.2. The normalized spacial score (nSPS) is 13.5. The van der Waals surface area contributed by atoms with Crippen LogP contribution in [0.15, 0.2) is 0 Å². The van der Waals surface area contributed by atoms with Gasteiger partial charge in [-0.05, 0) is 0 Å². The van der Waals surface area contributed by atoms with E-state index >= 15 is 0 Å². The molecule has 0 aromatic carbocycles. The molecule has 4 heteroatoms. The summed E-state index contributed by atoms with van der Waals surface area (Å²) >= 11 is 0. The quantitative estimate of drug-likeness (QED) is 0.634. The van der Waals surface area contributed by atoms with E-state index < -0.39 is 16.5 Å². The van der Waals surface area contributed by atoms with Crippen molar-refractivity contribution < 1.29 is 0 Å². The lowest BCUT2D eigenvalue weighted by Gasteiger charge is -2.44. The minimum Gasteiger partial charge on any atom is -0.392 e. The number of nitrogens with zero attached hydrogens (tertiary/aromatic N) is 1. The van der Waals surface area contributed by atoms with Crippen LogP contribution >= 0.6 is 0 Å². The summed E-state index contributed by atoms with van der Waals surface area (Å²) < 4.78 is 2.74. The monoisotopic (exact) mass is 214 g/mol. The summed E-state index contributed by atoms with van der Waals surface area (Å²) in [4.78, 5) is 0. The molecule has 0 bridgehead atoms. The highest BCUT2D eigenvalue weighted by molar-refractivity contribution is 6.96. The zero-order chi connectivity index (χ0) is 10.7. The second-order valence-electron chi connectivity index (χ2n) is 5.68. The van der Waals surface area contributed by atoms with Crippen LogP contribution in [0.1, 0.15) is 13.3 Å². The summed E-state index contributed by atoms with van der Waals surface area (Å²) in [5, 5.41) is 0. The fraction of sp³-hybridized carbons (Fsp3) is 1.00. The number of hydrogen-bond donors (Lipinski definition) is 0. The third kappa shape index (κ3) is 5.03. The molecule has 0 amide bonds. The fourth-order valence-electron chi connectivity index (χ4n) is 1.81. The van der Waals surface area contributed by atoms with Crippen LogP contribution in [0.25, 0.3) is 0 Å². The van der Waals surface area contributed by atoms with Crippen LogP contribution in [-0.4, -0.2) is 28.0 Å². The average molecular weight is 214 g/mol. The molecule has 0 unspecified atom stereocenters. The van der Waals surface area contributed by atoms with Gasteiger partial charge in [0.05, 0.1) is 0 Å². The maximum atomic E-state index is 2.74. The van der Waals surface area contributed by atoms with Crippen molar-refractivity contribution in [3.05, 3.63) is 0 Å². The zero-order valence-corrected chi connectivity index (χ0v) is 12.4. The third-order valence-electron chi connectivity index (χ3n) is 2.05. The molecular weight excluding hydrogens is 189 g/mol. The summed E-state index contributed by atoms with van der Waals surface area (Å²) in [6, 6.07) is 0. The van der Waals surface area contributed by atoms with Crippen LogP contribution in [-0.2, 0) is 0 Å². The third-order valence-corrected chi connectivity index (χ3v) is 9.33. The van der Waals surface area contributed by atoms with E-state index in [1.54, 1.807) is 0 Å². The average Bonchev–Trinajstić information content (AvgIpc) is 1.81. The van der Waals surface area contributed by atoms with Gasteiger partial charge in [0.1, 0.15) is 16.5 Å². The van der Waals surface area contributed by atoms with Crippen molar-refractivity contribution in [2.75, 3.05) is 0 Å². The Hall–Kier alpha value is 0.459. The standard InChI is InChI=1S/C9H25BNSi2/c1-8-9-10-11(12(2,3)4)13(5,6)7/h8-9H2,1-7H3. The first kappa shape index (κ1) is 13.5. The highest BCUT2D eigenvalue weighted by Gasteiger charge is 2.33. The molecule has 0 heterocycles. The van der Waals surface area contributed by atoms with Crippen LogP contribution < -0.4 is 0 Å². The van der Waals surface area contributed by atoms with E-state index in [0.29, 0.717) is 0 Å². The van der Waals surface area contributed by atoms with Gasteiger partial charge in [-0.15, -0.1) is 0 Å². The van der Waals surface area contributed by atoms with Crippen molar-refractivity contribution in [1.82, 2.24) is 4.14 Å². The molecular formula is C9H25BNSi2. The Morgan fingerprint density at radius 2 is 1.31 bits per heavy atom. The van der Waals surface area contributed by atoms with Gasteiger partial charge in [0.15, 0.2) is 7.41 Å². The Labute approximate surface area is 87.4 Å². The van der Waals surface area contributed by atoms with E-state index in [2.05, 4.69) is 57.8 Å². The molecule has 0 saturated heterocycles. The van der Waals surface area contributed by atoms with Crippen molar-refractivity contribution in [2.45, 2.75) is 58.9 Å². The van der Waals surface area contributed by atoms with E-state index in [-0.39, 0.29) is 0 Å². The highest BCUT2D eigenvalue weighted by Crippen LogP contribution is 2.19. The van der Waals surface area contributed by atoms with Crippen LogP contribution in [0.2, 0.25) is 45.6 Å². The van der Waals surface area contributed by atoms with Crippen LogP contribution in [0, 0.1) is 0 Å². The van der Waals surface area contributed by atoms with Gasteiger partial charge in [-0.2, -0.15) is 0 Å². The molecule has 0 atom stereocenters. The molecule has 0 spiro atoms. The molecule has 1 radical (unpaired) electrons. The van der Waals surface area contributed by atoms with Gasteiger partial charge in [-0.3, -0.25) is 0 Å². The summed E-state index contributed by atoms with van der Waals surface area (Å²) in [5.41, 5.74) is 0. The minimum absolute atomic E-state index is 1.12. The molecule has 13 heavy (non-hydrogen) atoms. The van der Waals surface area contributed by atoms with Gasteiger partial charge in [0.2, 0.25) is 0 Å². The Balaban J connectivity index is 4.39. The second kappa shape index (κ2) is 4.80. The molecule has 0 aromatic rings. The molecule has 1 nitrogen and oxygen atoms in total. The maximum absolute atomic E-state index is 2.74. The summed E-state index contributed by atoms with van der Waals surface area (Å²) in [5.74, 6) is 0. The van der Waals surface area contributed by atoms with Crippen molar-refractivity contribution in [3.8, 4) is 0 Å². The zero-order valence-electron chi connectivity index (χ0n) is 10.4. The molecule has 0 aliphatic rings. The largest absolute Gasteiger partial charge is 0.392 e. The van der Waals surface area contributed by atoms with Gasteiger partial charge < -0.3 is 4.14 Å². The Morgan fingerprint density at radius 3 is 1.54 bits per heavy atom. The lowest BCUT2D eigenvalue weighted by Crippen LogP contribution is -2.60. The van der Waals surface area contributed by atoms with Crippen molar-refractivity contribution in [3.63, 3.8) is 0 Å². The molecule has 0 fully saturated rings. The van der Waals surface area contributed by atoms with E-state index in [1.807, 2.05) is 0 Å². The summed E-state index contributed by atoms with van der Waals surface area (Å²) in [6.45, 7) is 16.9. The van der Waals surface area contributed by atoms with Gasteiger partial charge in [-0.1, -0.05) is 58.9 Å². The predicted octanol–water partition coefficient (Wildman–Crippen LogP) is 3.41. The van der Waals surface area contributed by atoms with Gasteiger partial charge >= 0.3 is 0 Å². The minimum atomic E-state index is -1.12.